The number of rotatable bonds is 2. The predicted octanol–water partition coefficient (Wildman–Crippen LogP) is 4.44. The maximum Gasteiger partial charge on any atom is 0.514 e. The van der Waals surface area contributed by atoms with Gasteiger partial charge in [-0.15, -0.1) is 0 Å². The molecule has 0 bridgehead atoms. The van der Waals surface area contributed by atoms with Crippen molar-refractivity contribution >= 4 is 6.16 Å². The van der Waals surface area contributed by atoms with E-state index in [-0.39, 0.29) is 11.5 Å². The molecule has 0 aliphatic heterocycles. The minimum Gasteiger partial charge on any atom is -0.431 e. The van der Waals surface area contributed by atoms with Gasteiger partial charge in [-0.2, -0.15) is 0 Å². The Kier molecular flexibility index (Phi) is 4.13. The fourth-order valence-corrected chi connectivity index (χ4v) is 2.43. The third-order valence-electron chi connectivity index (χ3n) is 3.45. The molecule has 0 heterocycles. The zero-order valence-corrected chi connectivity index (χ0v) is 11.9. The highest BCUT2D eigenvalue weighted by Crippen LogP contribution is 2.31. The van der Waals surface area contributed by atoms with Gasteiger partial charge in [0, 0.05) is 5.56 Å². The molecule has 0 amide bonds. The largest absolute Gasteiger partial charge is 0.514 e. The molecule has 0 spiro atoms. The third kappa shape index (κ3) is 3.72. The molecule has 3 heteroatoms. The molecule has 0 N–H and O–H groups in total. The minimum atomic E-state index is -0.580. The van der Waals surface area contributed by atoms with E-state index in [0.717, 1.165) is 31.2 Å². The standard InChI is InChI=1S/C16H22O3/c1-16(2,3)13-10-6-7-11-14(13)19-15(17)18-12-8-4-5-9-12/h6-7,10-12H,4-5,8-9H2,1-3H3. The van der Waals surface area contributed by atoms with E-state index in [4.69, 9.17) is 9.47 Å². The highest BCUT2D eigenvalue weighted by Gasteiger charge is 2.23. The van der Waals surface area contributed by atoms with Crippen LogP contribution in [0, 0.1) is 0 Å². The van der Waals surface area contributed by atoms with Gasteiger partial charge >= 0.3 is 6.16 Å². The topological polar surface area (TPSA) is 35.5 Å². The van der Waals surface area contributed by atoms with Crippen LogP contribution in [0.5, 0.6) is 5.75 Å². The molecule has 0 radical (unpaired) electrons. The van der Waals surface area contributed by atoms with Gasteiger partial charge in [-0.05, 0) is 37.2 Å². The SMILES string of the molecule is CC(C)(C)c1ccccc1OC(=O)OC1CCCC1. The van der Waals surface area contributed by atoms with Crippen molar-refractivity contribution in [1.82, 2.24) is 0 Å². The summed E-state index contributed by atoms with van der Waals surface area (Å²) in [6.07, 6.45) is 3.64. The zero-order chi connectivity index (χ0) is 13.9. The molecule has 0 aromatic heterocycles. The summed E-state index contributed by atoms with van der Waals surface area (Å²) in [5, 5.41) is 0. The summed E-state index contributed by atoms with van der Waals surface area (Å²) in [6.45, 7) is 6.28. The predicted molar refractivity (Wildman–Crippen MR) is 74.5 cm³/mol. The second-order valence-corrected chi connectivity index (χ2v) is 6.12. The summed E-state index contributed by atoms with van der Waals surface area (Å²) in [4.78, 5) is 11.8. The molecule has 0 atom stereocenters. The van der Waals surface area contributed by atoms with Crippen molar-refractivity contribution in [2.45, 2.75) is 58.0 Å². The van der Waals surface area contributed by atoms with Crippen molar-refractivity contribution in [1.29, 1.82) is 0 Å². The molecule has 1 fully saturated rings. The summed E-state index contributed by atoms with van der Waals surface area (Å²) >= 11 is 0. The van der Waals surface area contributed by atoms with Crippen LogP contribution in [0.4, 0.5) is 4.79 Å². The summed E-state index contributed by atoms with van der Waals surface area (Å²) in [6, 6.07) is 7.62. The lowest BCUT2D eigenvalue weighted by Gasteiger charge is -2.22. The van der Waals surface area contributed by atoms with Gasteiger partial charge in [0.15, 0.2) is 0 Å². The van der Waals surface area contributed by atoms with Crippen molar-refractivity contribution < 1.29 is 14.3 Å². The van der Waals surface area contributed by atoms with E-state index in [9.17, 15) is 4.79 Å². The molecular weight excluding hydrogens is 240 g/mol. The van der Waals surface area contributed by atoms with Crippen LogP contribution in [0.15, 0.2) is 24.3 Å². The quantitative estimate of drug-likeness (QED) is 0.583. The molecule has 2 rings (SSSR count). The van der Waals surface area contributed by atoms with E-state index in [1.165, 1.54) is 0 Å². The molecule has 1 aliphatic rings. The number of carbonyl (C=O) groups is 1. The highest BCUT2D eigenvalue weighted by molar-refractivity contribution is 5.65. The van der Waals surface area contributed by atoms with Crippen molar-refractivity contribution in [2.24, 2.45) is 0 Å². The average molecular weight is 262 g/mol. The summed E-state index contributed by atoms with van der Waals surface area (Å²) in [7, 11) is 0. The van der Waals surface area contributed by atoms with Gasteiger partial charge in [0.05, 0.1) is 0 Å². The second kappa shape index (κ2) is 5.64. The highest BCUT2D eigenvalue weighted by atomic mass is 16.7. The molecule has 19 heavy (non-hydrogen) atoms. The Morgan fingerprint density at radius 3 is 2.42 bits per heavy atom. The third-order valence-corrected chi connectivity index (χ3v) is 3.45. The van der Waals surface area contributed by atoms with Crippen LogP contribution in [0.25, 0.3) is 0 Å². The van der Waals surface area contributed by atoms with Crippen molar-refractivity contribution in [3.05, 3.63) is 29.8 Å². The van der Waals surface area contributed by atoms with E-state index in [1.807, 2.05) is 24.3 Å². The van der Waals surface area contributed by atoms with Crippen molar-refractivity contribution in [3.8, 4) is 5.75 Å². The van der Waals surface area contributed by atoms with Crippen LogP contribution in [0.1, 0.15) is 52.0 Å². The number of hydrogen-bond donors (Lipinski definition) is 0. The van der Waals surface area contributed by atoms with Crippen LogP contribution < -0.4 is 4.74 Å². The minimum absolute atomic E-state index is 0.0364. The molecule has 0 saturated heterocycles. The monoisotopic (exact) mass is 262 g/mol. The number of benzene rings is 1. The van der Waals surface area contributed by atoms with Crippen LogP contribution in [-0.4, -0.2) is 12.3 Å². The van der Waals surface area contributed by atoms with E-state index in [1.54, 1.807) is 0 Å². The average Bonchev–Trinajstić information content (AvgIpc) is 2.81. The second-order valence-electron chi connectivity index (χ2n) is 6.12. The van der Waals surface area contributed by atoms with E-state index >= 15 is 0 Å². The lowest BCUT2D eigenvalue weighted by Crippen LogP contribution is -2.20. The van der Waals surface area contributed by atoms with Crippen LogP contribution in [0.3, 0.4) is 0 Å². The fourth-order valence-electron chi connectivity index (χ4n) is 2.43. The summed E-state index contributed by atoms with van der Waals surface area (Å²) < 4.78 is 10.7. The first-order valence-corrected chi connectivity index (χ1v) is 6.95. The first-order valence-electron chi connectivity index (χ1n) is 6.95. The number of ether oxygens (including phenoxy) is 2. The Morgan fingerprint density at radius 2 is 1.79 bits per heavy atom. The van der Waals surface area contributed by atoms with Gasteiger partial charge in [-0.25, -0.2) is 4.79 Å². The molecule has 1 aromatic carbocycles. The number of para-hydroxylation sites is 1. The first-order chi connectivity index (χ1) is 8.97. The van der Waals surface area contributed by atoms with Crippen LogP contribution in [0.2, 0.25) is 0 Å². The van der Waals surface area contributed by atoms with Crippen LogP contribution in [-0.2, 0) is 10.2 Å². The zero-order valence-electron chi connectivity index (χ0n) is 11.9. The first kappa shape index (κ1) is 13.9. The van der Waals surface area contributed by atoms with Gasteiger partial charge in [-0.1, -0.05) is 39.0 Å². The number of carbonyl (C=O) groups excluding carboxylic acids is 1. The van der Waals surface area contributed by atoms with Crippen molar-refractivity contribution in [3.63, 3.8) is 0 Å². The molecule has 3 nitrogen and oxygen atoms in total. The Labute approximate surface area is 114 Å². The fraction of sp³-hybridized carbons (Fsp3) is 0.562. The Balaban J connectivity index is 2.04. The van der Waals surface area contributed by atoms with Crippen LogP contribution >= 0.6 is 0 Å². The molecule has 104 valence electrons. The Morgan fingerprint density at radius 1 is 1.16 bits per heavy atom. The van der Waals surface area contributed by atoms with E-state index < -0.39 is 6.16 Å². The summed E-state index contributed by atoms with van der Waals surface area (Å²) in [5.74, 6) is 0.595. The van der Waals surface area contributed by atoms with Gasteiger partial charge in [-0.3, -0.25) is 0 Å². The van der Waals surface area contributed by atoms with Crippen molar-refractivity contribution in [2.75, 3.05) is 0 Å². The number of hydrogen-bond acceptors (Lipinski definition) is 3. The lowest BCUT2D eigenvalue weighted by atomic mass is 9.86. The maximum absolute atomic E-state index is 11.8. The van der Waals surface area contributed by atoms with E-state index in [2.05, 4.69) is 20.8 Å². The molecule has 0 unspecified atom stereocenters. The van der Waals surface area contributed by atoms with Gasteiger partial charge < -0.3 is 9.47 Å². The van der Waals surface area contributed by atoms with Gasteiger partial charge in [0.1, 0.15) is 11.9 Å². The van der Waals surface area contributed by atoms with E-state index in [0.29, 0.717) is 5.75 Å². The van der Waals surface area contributed by atoms with Gasteiger partial charge in [0.2, 0.25) is 0 Å². The summed E-state index contributed by atoms with van der Waals surface area (Å²) in [5.41, 5.74) is 0.947. The lowest BCUT2D eigenvalue weighted by molar-refractivity contribution is 0.0608. The smallest absolute Gasteiger partial charge is 0.431 e. The molecular formula is C16H22O3. The molecule has 1 aliphatic carbocycles. The maximum atomic E-state index is 11.8. The normalized spacial score (nSPS) is 16.4. The Bertz CT molecular complexity index is 440. The molecule has 1 aromatic rings. The molecule has 1 saturated carbocycles. The van der Waals surface area contributed by atoms with Gasteiger partial charge in [0.25, 0.3) is 0 Å². The Hall–Kier alpha value is -1.51.